The molecular weight excluding hydrogens is 292 g/mol. The van der Waals surface area contributed by atoms with Gasteiger partial charge in [0, 0.05) is 18.2 Å². The van der Waals surface area contributed by atoms with Crippen LogP contribution in [-0.4, -0.2) is 16.4 Å². The highest BCUT2D eigenvalue weighted by Gasteiger charge is 2.29. The van der Waals surface area contributed by atoms with E-state index in [1.54, 1.807) is 7.05 Å². The first-order valence-corrected chi connectivity index (χ1v) is 7.57. The number of rotatable bonds is 5. The summed E-state index contributed by atoms with van der Waals surface area (Å²) in [7, 11) is 1.57. The average Bonchev–Trinajstić information content (AvgIpc) is 3.26. The molecule has 0 aliphatic heterocycles. The zero-order valence-corrected chi connectivity index (χ0v) is 12.8. The quantitative estimate of drug-likeness (QED) is 0.797. The van der Waals surface area contributed by atoms with Gasteiger partial charge in [-0.1, -0.05) is 0 Å². The normalized spacial score (nSPS) is 14.4. The van der Waals surface area contributed by atoms with Gasteiger partial charge in [0.1, 0.15) is 5.75 Å². The van der Waals surface area contributed by atoms with Crippen molar-refractivity contribution in [2.24, 2.45) is 7.05 Å². The number of hydrogen-bond acceptors (Lipinski definition) is 4. The summed E-state index contributed by atoms with van der Waals surface area (Å²) < 4.78 is 12.1. The van der Waals surface area contributed by atoms with Gasteiger partial charge >= 0.3 is 5.76 Å². The minimum atomic E-state index is -0.467. The van der Waals surface area contributed by atoms with E-state index in [0.717, 1.165) is 35.3 Å². The van der Waals surface area contributed by atoms with Crippen molar-refractivity contribution < 1.29 is 9.15 Å². The smallest absolute Gasteiger partial charge is 0.437 e. The molecule has 3 rings (SSSR count). The first-order chi connectivity index (χ1) is 10.1. The highest BCUT2D eigenvalue weighted by atomic mass is 35.5. The van der Waals surface area contributed by atoms with Gasteiger partial charge in [-0.25, -0.2) is 4.79 Å². The van der Waals surface area contributed by atoms with Crippen molar-refractivity contribution in [1.82, 2.24) is 9.78 Å². The van der Waals surface area contributed by atoms with Gasteiger partial charge < -0.3 is 9.15 Å². The molecule has 1 aromatic carbocycles. The van der Waals surface area contributed by atoms with Crippen molar-refractivity contribution in [3.8, 4) is 17.2 Å². The van der Waals surface area contributed by atoms with Crippen LogP contribution in [0.25, 0.3) is 11.5 Å². The minimum absolute atomic E-state index is 0.339. The monoisotopic (exact) mass is 308 g/mol. The van der Waals surface area contributed by atoms with E-state index in [0.29, 0.717) is 24.3 Å². The van der Waals surface area contributed by atoms with Gasteiger partial charge in [0.2, 0.25) is 5.89 Å². The molecule has 5 nitrogen and oxygen atoms in total. The van der Waals surface area contributed by atoms with Gasteiger partial charge in [-0.3, -0.25) is 0 Å². The third-order valence-corrected chi connectivity index (χ3v) is 3.90. The molecule has 1 aliphatic carbocycles. The fourth-order valence-electron chi connectivity index (χ4n) is 2.41. The number of nitrogens with zero attached hydrogens (tertiary/aromatic N) is 2. The van der Waals surface area contributed by atoms with Crippen molar-refractivity contribution in [2.45, 2.75) is 31.6 Å². The van der Waals surface area contributed by atoms with E-state index in [2.05, 4.69) is 11.2 Å². The molecule has 0 spiro atoms. The summed E-state index contributed by atoms with van der Waals surface area (Å²) in [5, 5.41) is 4.16. The number of halogens is 1. The molecule has 6 heteroatoms. The lowest BCUT2D eigenvalue weighted by Crippen LogP contribution is -2.09. The number of aromatic nitrogens is 2. The van der Waals surface area contributed by atoms with Gasteiger partial charge in [-0.15, -0.1) is 16.7 Å². The van der Waals surface area contributed by atoms with Crippen LogP contribution in [0.5, 0.6) is 5.75 Å². The predicted octanol–water partition coefficient (Wildman–Crippen LogP) is 3.06. The Kier molecular flexibility index (Phi) is 3.76. The standard InChI is InChI=1S/C15H17ClN2O3/c1-3-20-13-7-12(14-17-18(2)15(19)21-14)11(9-4-5-9)6-10(13)8-16/h6-7,9H,3-5,8H2,1-2H3. The van der Waals surface area contributed by atoms with Gasteiger partial charge in [0.15, 0.2) is 0 Å². The second-order valence-electron chi connectivity index (χ2n) is 5.18. The van der Waals surface area contributed by atoms with Gasteiger partial charge in [-0.05, 0) is 43.4 Å². The van der Waals surface area contributed by atoms with Crippen LogP contribution < -0.4 is 10.5 Å². The fraction of sp³-hybridized carbons (Fsp3) is 0.467. The molecule has 0 N–H and O–H groups in total. The number of ether oxygens (including phenoxy) is 1. The molecule has 2 aromatic rings. The Hall–Kier alpha value is -1.75. The first kappa shape index (κ1) is 14.2. The maximum absolute atomic E-state index is 11.5. The summed E-state index contributed by atoms with van der Waals surface area (Å²) in [5.41, 5.74) is 2.92. The summed E-state index contributed by atoms with van der Waals surface area (Å²) in [5.74, 6) is 1.48. The number of aryl methyl sites for hydroxylation is 1. The maximum atomic E-state index is 11.5. The van der Waals surface area contributed by atoms with E-state index in [9.17, 15) is 4.79 Å². The van der Waals surface area contributed by atoms with Crippen molar-refractivity contribution in [1.29, 1.82) is 0 Å². The van der Waals surface area contributed by atoms with Crippen LogP contribution in [0.2, 0.25) is 0 Å². The number of hydrogen-bond donors (Lipinski definition) is 0. The molecule has 21 heavy (non-hydrogen) atoms. The Morgan fingerprint density at radius 2 is 2.24 bits per heavy atom. The van der Waals surface area contributed by atoms with Crippen LogP contribution in [0, 0.1) is 0 Å². The molecule has 0 bridgehead atoms. The number of benzene rings is 1. The molecule has 1 heterocycles. The van der Waals surface area contributed by atoms with E-state index in [4.69, 9.17) is 20.8 Å². The molecule has 0 amide bonds. The van der Waals surface area contributed by atoms with Crippen molar-refractivity contribution in [3.05, 3.63) is 33.8 Å². The molecule has 1 aliphatic rings. The summed E-state index contributed by atoms with van der Waals surface area (Å²) >= 11 is 6.02. The van der Waals surface area contributed by atoms with Gasteiger partial charge in [0.05, 0.1) is 12.5 Å². The zero-order chi connectivity index (χ0) is 15.0. The Morgan fingerprint density at radius 1 is 1.48 bits per heavy atom. The molecule has 0 atom stereocenters. The molecular formula is C15H17ClN2O3. The highest BCUT2D eigenvalue weighted by molar-refractivity contribution is 6.17. The maximum Gasteiger partial charge on any atom is 0.437 e. The Bertz CT molecular complexity index is 716. The van der Waals surface area contributed by atoms with Crippen molar-refractivity contribution >= 4 is 11.6 Å². The summed E-state index contributed by atoms with van der Waals surface area (Å²) in [6, 6.07) is 3.94. The molecule has 1 saturated carbocycles. The van der Waals surface area contributed by atoms with Crippen LogP contribution in [0.1, 0.15) is 36.8 Å². The Balaban J connectivity index is 2.16. The van der Waals surface area contributed by atoms with Crippen LogP contribution in [0.15, 0.2) is 21.3 Å². The molecule has 0 saturated heterocycles. The average molecular weight is 309 g/mol. The Morgan fingerprint density at radius 3 is 2.76 bits per heavy atom. The van der Waals surface area contributed by atoms with E-state index in [1.807, 2.05) is 13.0 Å². The highest BCUT2D eigenvalue weighted by Crippen LogP contribution is 2.46. The van der Waals surface area contributed by atoms with Crippen LogP contribution in [-0.2, 0) is 12.9 Å². The topological polar surface area (TPSA) is 57.3 Å². The molecule has 0 radical (unpaired) electrons. The fourth-order valence-corrected chi connectivity index (χ4v) is 2.62. The molecule has 1 aromatic heterocycles. The third-order valence-electron chi connectivity index (χ3n) is 3.61. The van der Waals surface area contributed by atoms with Crippen molar-refractivity contribution in [3.63, 3.8) is 0 Å². The number of alkyl halides is 1. The second-order valence-corrected chi connectivity index (χ2v) is 5.45. The Labute approximate surface area is 127 Å². The van der Waals surface area contributed by atoms with E-state index in [-0.39, 0.29) is 0 Å². The van der Waals surface area contributed by atoms with Gasteiger partial charge in [0.25, 0.3) is 0 Å². The predicted molar refractivity (Wildman–Crippen MR) is 79.9 cm³/mol. The lowest BCUT2D eigenvalue weighted by atomic mass is 9.99. The molecule has 1 fully saturated rings. The van der Waals surface area contributed by atoms with E-state index >= 15 is 0 Å². The largest absolute Gasteiger partial charge is 0.494 e. The van der Waals surface area contributed by atoms with Gasteiger partial charge in [-0.2, -0.15) is 4.68 Å². The summed E-state index contributed by atoms with van der Waals surface area (Å²) in [6.45, 7) is 2.48. The van der Waals surface area contributed by atoms with Crippen LogP contribution in [0.4, 0.5) is 0 Å². The molecule has 112 valence electrons. The minimum Gasteiger partial charge on any atom is -0.494 e. The third kappa shape index (κ3) is 2.70. The first-order valence-electron chi connectivity index (χ1n) is 7.04. The lowest BCUT2D eigenvalue weighted by Gasteiger charge is -2.13. The SMILES string of the molecule is CCOc1cc(-c2nn(C)c(=O)o2)c(C2CC2)cc1CCl. The van der Waals surface area contributed by atoms with E-state index in [1.165, 1.54) is 4.68 Å². The summed E-state index contributed by atoms with van der Waals surface area (Å²) in [6.07, 6.45) is 2.28. The molecule has 0 unspecified atom stereocenters. The van der Waals surface area contributed by atoms with Crippen molar-refractivity contribution in [2.75, 3.05) is 6.61 Å². The summed E-state index contributed by atoms with van der Waals surface area (Å²) in [4.78, 5) is 11.5. The van der Waals surface area contributed by atoms with Crippen LogP contribution in [0.3, 0.4) is 0 Å². The second kappa shape index (κ2) is 5.56. The zero-order valence-electron chi connectivity index (χ0n) is 12.1. The van der Waals surface area contributed by atoms with Crippen LogP contribution >= 0.6 is 11.6 Å². The lowest BCUT2D eigenvalue weighted by molar-refractivity contribution is 0.337. The van der Waals surface area contributed by atoms with E-state index < -0.39 is 5.76 Å².